The molecule has 1 unspecified atom stereocenters. The minimum atomic E-state index is 0.211. The molecule has 0 saturated carbocycles. The molecule has 0 bridgehead atoms. The lowest BCUT2D eigenvalue weighted by Gasteiger charge is -2.21. The zero-order valence-electron chi connectivity index (χ0n) is 11.4. The minimum absolute atomic E-state index is 0.211. The van der Waals surface area contributed by atoms with Gasteiger partial charge in [0.1, 0.15) is 5.82 Å². The zero-order chi connectivity index (χ0) is 13.4. The molecule has 0 amide bonds. The van der Waals surface area contributed by atoms with Crippen LogP contribution < -0.4 is 10.6 Å². The van der Waals surface area contributed by atoms with Crippen molar-refractivity contribution in [2.45, 2.75) is 25.4 Å². The fourth-order valence-electron chi connectivity index (χ4n) is 2.47. The first kappa shape index (κ1) is 12.2. The van der Waals surface area contributed by atoms with Crippen LogP contribution in [0.5, 0.6) is 0 Å². The van der Waals surface area contributed by atoms with Crippen molar-refractivity contribution in [2.24, 2.45) is 5.73 Å². The predicted octanol–water partition coefficient (Wildman–Crippen LogP) is 1.28. The van der Waals surface area contributed by atoms with E-state index in [0.29, 0.717) is 0 Å². The van der Waals surface area contributed by atoms with Crippen molar-refractivity contribution in [3.8, 4) is 11.4 Å². The Balaban J connectivity index is 1.96. The maximum atomic E-state index is 6.04. The van der Waals surface area contributed by atoms with Gasteiger partial charge in [-0.1, -0.05) is 0 Å². The summed E-state index contributed by atoms with van der Waals surface area (Å²) >= 11 is 0. The third kappa shape index (κ3) is 2.21. The van der Waals surface area contributed by atoms with Gasteiger partial charge in [0.25, 0.3) is 0 Å². The molecule has 0 fully saturated rings. The van der Waals surface area contributed by atoms with E-state index in [1.54, 1.807) is 0 Å². The highest BCUT2D eigenvalue weighted by atomic mass is 15.3. The monoisotopic (exact) mass is 257 g/mol. The Labute approximate surface area is 113 Å². The molecule has 1 aliphatic rings. The fraction of sp³-hybridized carbons (Fsp3) is 0.429. The molecule has 0 radical (unpaired) electrons. The molecule has 1 atom stereocenters. The smallest absolute Gasteiger partial charge is 0.164 e. The van der Waals surface area contributed by atoms with Crippen LogP contribution in [0, 0.1) is 0 Å². The molecule has 2 N–H and O–H groups in total. The van der Waals surface area contributed by atoms with Gasteiger partial charge in [-0.2, -0.15) is 0 Å². The number of fused-ring (bicyclic) bond motifs is 1. The average molecular weight is 257 g/mol. The topological polar surface area (TPSA) is 60.0 Å². The first-order valence-electron chi connectivity index (χ1n) is 6.60. The van der Waals surface area contributed by atoms with Gasteiger partial charge in [0, 0.05) is 44.4 Å². The second kappa shape index (κ2) is 4.66. The summed E-state index contributed by atoms with van der Waals surface area (Å²) in [5, 5.41) is 8.59. The van der Waals surface area contributed by atoms with Gasteiger partial charge < -0.3 is 15.2 Å². The molecule has 0 spiro atoms. The summed E-state index contributed by atoms with van der Waals surface area (Å²) in [5.74, 6) is 1.98. The third-order valence-corrected chi connectivity index (χ3v) is 3.63. The molecule has 2 aromatic rings. The maximum absolute atomic E-state index is 6.04. The molecule has 100 valence electrons. The second-order valence-corrected chi connectivity index (χ2v) is 5.29. The Morgan fingerprint density at radius 3 is 2.63 bits per heavy atom. The molecule has 3 rings (SSSR count). The number of nitrogens with two attached hydrogens (primary N) is 1. The van der Waals surface area contributed by atoms with Crippen LogP contribution in [-0.4, -0.2) is 34.9 Å². The lowest BCUT2D eigenvalue weighted by Crippen LogP contribution is -2.32. The molecule has 5 nitrogen and oxygen atoms in total. The molecule has 1 aromatic carbocycles. The van der Waals surface area contributed by atoms with Crippen LogP contribution in [0.3, 0.4) is 0 Å². The number of benzene rings is 1. The Bertz CT molecular complexity index is 570. The highest BCUT2D eigenvalue weighted by Gasteiger charge is 2.21. The minimum Gasteiger partial charge on any atom is -0.378 e. The number of rotatable bonds is 2. The van der Waals surface area contributed by atoms with E-state index in [2.05, 4.69) is 43.9 Å². The largest absolute Gasteiger partial charge is 0.378 e. The summed E-state index contributed by atoms with van der Waals surface area (Å²) in [6, 6.07) is 8.59. The van der Waals surface area contributed by atoms with E-state index in [-0.39, 0.29) is 6.04 Å². The van der Waals surface area contributed by atoms with Gasteiger partial charge in [-0.05, 0) is 30.7 Å². The number of nitrogens with zero attached hydrogens (tertiary/aromatic N) is 4. The highest BCUT2D eigenvalue weighted by molar-refractivity contribution is 5.60. The van der Waals surface area contributed by atoms with E-state index in [1.807, 2.05) is 14.1 Å². The summed E-state index contributed by atoms with van der Waals surface area (Å²) in [5.41, 5.74) is 8.31. The Morgan fingerprint density at radius 1 is 1.21 bits per heavy atom. The molecule has 1 aliphatic heterocycles. The zero-order valence-corrected chi connectivity index (χ0v) is 11.4. The van der Waals surface area contributed by atoms with Gasteiger partial charge in [-0.15, -0.1) is 10.2 Å². The van der Waals surface area contributed by atoms with Gasteiger partial charge in [-0.3, -0.25) is 0 Å². The first-order valence-corrected chi connectivity index (χ1v) is 6.60. The van der Waals surface area contributed by atoms with Crippen LogP contribution in [0.25, 0.3) is 11.4 Å². The van der Waals surface area contributed by atoms with Crippen molar-refractivity contribution in [1.29, 1.82) is 0 Å². The standard InChI is InChI=1S/C14H19N5/c1-18(2)12-6-3-10(4-7-12)14-17-16-13-8-5-11(15)9-19(13)14/h3-4,6-7,11H,5,8-9,15H2,1-2H3. The van der Waals surface area contributed by atoms with Crippen molar-refractivity contribution in [3.05, 3.63) is 30.1 Å². The number of aryl methyl sites for hydroxylation is 1. The van der Waals surface area contributed by atoms with Crippen molar-refractivity contribution < 1.29 is 0 Å². The van der Waals surface area contributed by atoms with E-state index in [0.717, 1.165) is 36.6 Å². The summed E-state index contributed by atoms with van der Waals surface area (Å²) in [7, 11) is 4.07. The average Bonchev–Trinajstić information content (AvgIpc) is 2.81. The van der Waals surface area contributed by atoms with Gasteiger partial charge in [0.05, 0.1) is 0 Å². The van der Waals surface area contributed by atoms with Crippen LogP contribution in [-0.2, 0) is 13.0 Å². The van der Waals surface area contributed by atoms with Crippen molar-refractivity contribution in [1.82, 2.24) is 14.8 Å². The molecule has 1 aromatic heterocycles. The molecule has 19 heavy (non-hydrogen) atoms. The highest BCUT2D eigenvalue weighted by Crippen LogP contribution is 2.24. The lowest BCUT2D eigenvalue weighted by molar-refractivity contribution is 0.456. The van der Waals surface area contributed by atoms with Crippen molar-refractivity contribution >= 4 is 5.69 Å². The molecular formula is C14H19N5. The molecule has 2 heterocycles. The summed E-state index contributed by atoms with van der Waals surface area (Å²) < 4.78 is 2.15. The molecule has 5 heteroatoms. The normalized spacial score (nSPS) is 18.2. The Morgan fingerprint density at radius 2 is 1.95 bits per heavy atom. The van der Waals surface area contributed by atoms with Gasteiger partial charge in [0.2, 0.25) is 0 Å². The number of hydrogen-bond acceptors (Lipinski definition) is 4. The van der Waals surface area contributed by atoms with Crippen LogP contribution in [0.2, 0.25) is 0 Å². The van der Waals surface area contributed by atoms with E-state index < -0.39 is 0 Å². The van der Waals surface area contributed by atoms with Crippen LogP contribution >= 0.6 is 0 Å². The number of hydrogen-bond donors (Lipinski definition) is 1. The third-order valence-electron chi connectivity index (χ3n) is 3.63. The van der Waals surface area contributed by atoms with Gasteiger partial charge in [-0.25, -0.2) is 0 Å². The predicted molar refractivity (Wildman–Crippen MR) is 76.1 cm³/mol. The quantitative estimate of drug-likeness (QED) is 0.880. The van der Waals surface area contributed by atoms with E-state index in [4.69, 9.17) is 5.73 Å². The Hall–Kier alpha value is -1.88. The van der Waals surface area contributed by atoms with Crippen LogP contribution in [0.1, 0.15) is 12.2 Å². The van der Waals surface area contributed by atoms with E-state index in [9.17, 15) is 0 Å². The first-order chi connectivity index (χ1) is 9.15. The molecular weight excluding hydrogens is 238 g/mol. The maximum Gasteiger partial charge on any atom is 0.164 e. The fourth-order valence-corrected chi connectivity index (χ4v) is 2.47. The van der Waals surface area contributed by atoms with Gasteiger partial charge >= 0.3 is 0 Å². The Kier molecular flexibility index (Phi) is 2.98. The van der Waals surface area contributed by atoms with Crippen LogP contribution in [0.4, 0.5) is 5.69 Å². The van der Waals surface area contributed by atoms with E-state index in [1.165, 1.54) is 5.69 Å². The van der Waals surface area contributed by atoms with Gasteiger partial charge in [0.15, 0.2) is 5.82 Å². The summed E-state index contributed by atoms with van der Waals surface area (Å²) in [6.07, 6.45) is 1.92. The summed E-state index contributed by atoms with van der Waals surface area (Å²) in [4.78, 5) is 2.08. The lowest BCUT2D eigenvalue weighted by atomic mass is 10.1. The summed E-state index contributed by atoms with van der Waals surface area (Å²) in [6.45, 7) is 0.813. The second-order valence-electron chi connectivity index (χ2n) is 5.29. The van der Waals surface area contributed by atoms with E-state index >= 15 is 0 Å². The SMILES string of the molecule is CN(C)c1ccc(-c2nnc3n2CC(N)CC3)cc1. The number of aromatic nitrogens is 3. The molecule has 0 aliphatic carbocycles. The molecule has 0 saturated heterocycles. The van der Waals surface area contributed by atoms with Crippen molar-refractivity contribution in [3.63, 3.8) is 0 Å². The number of anilines is 1. The van der Waals surface area contributed by atoms with Crippen LogP contribution in [0.15, 0.2) is 24.3 Å². The van der Waals surface area contributed by atoms with Crippen molar-refractivity contribution in [2.75, 3.05) is 19.0 Å².